The standard InChI is InChI=1S/C13H10ClNS3/c14-6-5-10-12(9-3-1-7-16-9)15-13(18-10)11-4-2-8-17-11/h1-4,7-8H,5-6H2. The minimum Gasteiger partial charge on any atom is -0.234 e. The van der Waals surface area contributed by atoms with Gasteiger partial charge in [-0.15, -0.1) is 45.6 Å². The van der Waals surface area contributed by atoms with Crippen LogP contribution < -0.4 is 0 Å². The smallest absolute Gasteiger partial charge is 0.134 e. The molecular formula is C13H10ClNS3. The van der Waals surface area contributed by atoms with Crippen LogP contribution in [0.4, 0.5) is 0 Å². The number of thiazole rings is 1. The highest BCUT2D eigenvalue weighted by Crippen LogP contribution is 2.37. The van der Waals surface area contributed by atoms with E-state index in [2.05, 4.69) is 35.0 Å². The molecule has 3 aromatic heterocycles. The SMILES string of the molecule is ClCCc1sc(-c2cccs2)nc1-c1cccs1. The number of nitrogens with zero attached hydrogens (tertiary/aromatic N) is 1. The minimum atomic E-state index is 0.643. The van der Waals surface area contributed by atoms with Crippen LogP contribution in [-0.2, 0) is 6.42 Å². The van der Waals surface area contributed by atoms with E-state index in [-0.39, 0.29) is 0 Å². The molecule has 92 valence electrons. The summed E-state index contributed by atoms with van der Waals surface area (Å²) in [5.74, 6) is 0.643. The van der Waals surface area contributed by atoms with E-state index in [1.54, 1.807) is 34.0 Å². The maximum Gasteiger partial charge on any atom is 0.134 e. The van der Waals surface area contributed by atoms with Crippen LogP contribution in [0, 0.1) is 0 Å². The van der Waals surface area contributed by atoms with E-state index in [0.717, 1.165) is 17.1 Å². The molecule has 0 N–H and O–H groups in total. The van der Waals surface area contributed by atoms with Crippen LogP contribution in [0.3, 0.4) is 0 Å². The normalized spacial score (nSPS) is 10.9. The van der Waals surface area contributed by atoms with Gasteiger partial charge in [0.15, 0.2) is 0 Å². The highest BCUT2D eigenvalue weighted by Gasteiger charge is 2.15. The average molecular weight is 312 g/mol. The fourth-order valence-electron chi connectivity index (χ4n) is 1.72. The first-order valence-electron chi connectivity index (χ1n) is 5.52. The molecule has 0 atom stereocenters. The third kappa shape index (κ3) is 2.38. The fourth-order valence-corrected chi connectivity index (χ4v) is 4.70. The van der Waals surface area contributed by atoms with E-state index in [1.165, 1.54) is 14.6 Å². The van der Waals surface area contributed by atoms with Gasteiger partial charge in [0, 0.05) is 10.8 Å². The van der Waals surface area contributed by atoms with Crippen molar-refractivity contribution in [3.8, 4) is 20.5 Å². The summed E-state index contributed by atoms with van der Waals surface area (Å²) in [6, 6.07) is 8.36. The van der Waals surface area contributed by atoms with Gasteiger partial charge in [-0.3, -0.25) is 0 Å². The fraction of sp³-hybridized carbons (Fsp3) is 0.154. The number of halogens is 1. The maximum absolute atomic E-state index is 5.89. The Bertz CT molecular complexity index is 611. The Labute approximate surface area is 123 Å². The van der Waals surface area contributed by atoms with Gasteiger partial charge in [-0.05, 0) is 29.3 Å². The summed E-state index contributed by atoms with van der Waals surface area (Å²) in [6.07, 6.45) is 0.887. The van der Waals surface area contributed by atoms with E-state index in [1.807, 2.05) is 0 Å². The molecule has 3 heterocycles. The Kier molecular flexibility index (Phi) is 3.80. The molecule has 0 amide bonds. The topological polar surface area (TPSA) is 12.9 Å². The van der Waals surface area contributed by atoms with E-state index in [4.69, 9.17) is 16.6 Å². The van der Waals surface area contributed by atoms with Crippen molar-refractivity contribution in [3.05, 3.63) is 39.9 Å². The number of rotatable bonds is 4. The molecule has 3 rings (SSSR count). The van der Waals surface area contributed by atoms with Gasteiger partial charge in [0.05, 0.1) is 15.4 Å². The van der Waals surface area contributed by atoms with Crippen LogP contribution in [0.15, 0.2) is 35.0 Å². The van der Waals surface area contributed by atoms with Crippen LogP contribution in [0.2, 0.25) is 0 Å². The molecule has 0 aromatic carbocycles. The first-order valence-corrected chi connectivity index (χ1v) is 8.63. The van der Waals surface area contributed by atoms with Crippen LogP contribution in [0.25, 0.3) is 20.5 Å². The first-order chi connectivity index (χ1) is 8.88. The van der Waals surface area contributed by atoms with Gasteiger partial charge >= 0.3 is 0 Å². The zero-order valence-corrected chi connectivity index (χ0v) is 12.6. The molecule has 0 fully saturated rings. The van der Waals surface area contributed by atoms with Gasteiger partial charge in [-0.1, -0.05) is 12.1 Å². The number of alkyl halides is 1. The van der Waals surface area contributed by atoms with Crippen molar-refractivity contribution in [1.82, 2.24) is 4.98 Å². The van der Waals surface area contributed by atoms with E-state index >= 15 is 0 Å². The monoisotopic (exact) mass is 311 g/mol. The van der Waals surface area contributed by atoms with Gasteiger partial charge in [0.1, 0.15) is 5.01 Å². The molecule has 18 heavy (non-hydrogen) atoms. The molecule has 1 nitrogen and oxygen atoms in total. The van der Waals surface area contributed by atoms with Crippen LogP contribution in [0.5, 0.6) is 0 Å². The first kappa shape index (κ1) is 12.4. The van der Waals surface area contributed by atoms with Gasteiger partial charge in [0.25, 0.3) is 0 Å². The third-order valence-corrected chi connectivity index (χ3v) is 5.73. The lowest BCUT2D eigenvalue weighted by atomic mass is 10.2. The van der Waals surface area contributed by atoms with Crippen molar-refractivity contribution in [2.45, 2.75) is 6.42 Å². The molecule has 0 saturated heterocycles. The lowest BCUT2D eigenvalue weighted by Gasteiger charge is -1.95. The number of hydrogen-bond acceptors (Lipinski definition) is 4. The van der Waals surface area contributed by atoms with Gasteiger partial charge in [0.2, 0.25) is 0 Å². The Balaban J connectivity index is 2.07. The Morgan fingerprint density at radius 2 is 1.78 bits per heavy atom. The lowest BCUT2D eigenvalue weighted by molar-refractivity contribution is 1.18. The Morgan fingerprint density at radius 3 is 2.39 bits per heavy atom. The summed E-state index contributed by atoms with van der Waals surface area (Å²) in [7, 11) is 0. The van der Waals surface area contributed by atoms with E-state index in [0.29, 0.717) is 5.88 Å². The summed E-state index contributed by atoms with van der Waals surface area (Å²) in [5, 5.41) is 5.28. The molecule has 0 radical (unpaired) electrons. The number of aryl methyl sites for hydroxylation is 1. The summed E-state index contributed by atoms with van der Waals surface area (Å²) >= 11 is 11.1. The molecule has 0 aliphatic rings. The molecule has 0 unspecified atom stereocenters. The summed E-state index contributed by atoms with van der Waals surface area (Å²) in [5.41, 5.74) is 1.11. The van der Waals surface area contributed by atoms with Crippen molar-refractivity contribution in [2.75, 3.05) is 5.88 Å². The summed E-state index contributed by atoms with van der Waals surface area (Å²) in [4.78, 5) is 8.55. The van der Waals surface area contributed by atoms with Crippen molar-refractivity contribution in [1.29, 1.82) is 0 Å². The quantitative estimate of drug-likeness (QED) is 0.589. The second-order valence-electron chi connectivity index (χ2n) is 3.68. The lowest BCUT2D eigenvalue weighted by Crippen LogP contribution is -1.84. The number of thiophene rings is 2. The molecule has 0 saturated carbocycles. The number of hydrogen-bond donors (Lipinski definition) is 0. The molecule has 0 spiro atoms. The predicted molar refractivity (Wildman–Crippen MR) is 83.2 cm³/mol. The molecule has 5 heteroatoms. The summed E-state index contributed by atoms with van der Waals surface area (Å²) in [6.45, 7) is 0. The molecule has 0 aliphatic carbocycles. The Hall–Kier alpha value is -0.680. The van der Waals surface area contributed by atoms with Crippen molar-refractivity contribution in [3.63, 3.8) is 0 Å². The molecule has 0 aliphatic heterocycles. The van der Waals surface area contributed by atoms with Crippen molar-refractivity contribution >= 4 is 45.6 Å². The van der Waals surface area contributed by atoms with Gasteiger partial charge in [-0.2, -0.15) is 0 Å². The van der Waals surface area contributed by atoms with Crippen LogP contribution >= 0.6 is 45.6 Å². The highest BCUT2D eigenvalue weighted by atomic mass is 35.5. The summed E-state index contributed by atoms with van der Waals surface area (Å²) < 4.78 is 0. The van der Waals surface area contributed by atoms with Gasteiger partial charge < -0.3 is 0 Å². The Morgan fingerprint density at radius 1 is 1.06 bits per heavy atom. The highest BCUT2D eigenvalue weighted by molar-refractivity contribution is 7.21. The number of aromatic nitrogens is 1. The van der Waals surface area contributed by atoms with Crippen LogP contribution in [-0.4, -0.2) is 10.9 Å². The zero-order valence-electron chi connectivity index (χ0n) is 9.43. The second kappa shape index (κ2) is 5.53. The predicted octanol–water partition coefficient (Wildman–Crippen LogP) is 5.38. The maximum atomic E-state index is 5.89. The molecular weight excluding hydrogens is 302 g/mol. The van der Waals surface area contributed by atoms with E-state index in [9.17, 15) is 0 Å². The minimum absolute atomic E-state index is 0.643. The van der Waals surface area contributed by atoms with Crippen molar-refractivity contribution in [2.24, 2.45) is 0 Å². The van der Waals surface area contributed by atoms with Crippen LogP contribution in [0.1, 0.15) is 4.88 Å². The molecule has 3 aromatic rings. The van der Waals surface area contributed by atoms with E-state index < -0.39 is 0 Å². The largest absolute Gasteiger partial charge is 0.234 e. The zero-order chi connectivity index (χ0) is 12.4. The average Bonchev–Trinajstić information content (AvgIpc) is 3.11. The third-order valence-electron chi connectivity index (χ3n) is 2.51. The van der Waals surface area contributed by atoms with Crippen molar-refractivity contribution < 1.29 is 0 Å². The molecule has 0 bridgehead atoms. The van der Waals surface area contributed by atoms with Gasteiger partial charge in [-0.25, -0.2) is 4.98 Å². The second-order valence-corrected chi connectivity index (χ2v) is 7.04.